The van der Waals surface area contributed by atoms with Crippen molar-refractivity contribution in [3.8, 4) is 16.9 Å². The van der Waals surface area contributed by atoms with Gasteiger partial charge in [-0.2, -0.15) is 0 Å². The van der Waals surface area contributed by atoms with Crippen LogP contribution in [0.3, 0.4) is 0 Å². The molecule has 7 heteroatoms. The standard InChI is InChI=1S/C24H16Cl3NO3/c25-17-12-20(26)23(21(27)13-17)30-14-19-10-11-22(31-19)24(29)28-18-8-6-16(7-9-18)15-4-2-1-3-5-15/h1-13H,14H2,(H,28,29). The molecule has 0 aliphatic rings. The van der Waals surface area contributed by atoms with E-state index in [1.54, 1.807) is 12.1 Å². The fourth-order valence-corrected chi connectivity index (χ4v) is 3.88. The number of hydrogen-bond donors (Lipinski definition) is 1. The monoisotopic (exact) mass is 471 g/mol. The lowest BCUT2D eigenvalue weighted by Crippen LogP contribution is -2.10. The summed E-state index contributed by atoms with van der Waals surface area (Å²) in [6.07, 6.45) is 0. The highest BCUT2D eigenvalue weighted by Crippen LogP contribution is 2.36. The summed E-state index contributed by atoms with van der Waals surface area (Å²) in [4.78, 5) is 12.5. The molecule has 1 N–H and O–H groups in total. The van der Waals surface area contributed by atoms with E-state index in [1.807, 2.05) is 54.6 Å². The number of amides is 1. The number of furan rings is 1. The summed E-state index contributed by atoms with van der Waals surface area (Å²) < 4.78 is 11.2. The average molecular weight is 473 g/mol. The Hall–Kier alpha value is -2.92. The van der Waals surface area contributed by atoms with Gasteiger partial charge in [0.2, 0.25) is 0 Å². The summed E-state index contributed by atoms with van der Waals surface area (Å²) in [6.45, 7) is 0.0557. The Morgan fingerprint density at radius 1 is 0.839 bits per heavy atom. The minimum Gasteiger partial charge on any atom is -0.483 e. The minimum atomic E-state index is -0.360. The molecule has 3 aromatic carbocycles. The second-order valence-electron chi connectivity index (χ2n) is 6.65. The van der Waals surface area contributed by atoms with Gasteiger partial charge in [0.1, 0.15) is 12.4 Å². The lowest BCUT2D eigenvalue weighted by molar-refractivity contribution is 0.0992. The van der Waals surface area contributed by atoms with Crippen molar-refractivity contribution in [3.63, 3.8) is 0 Å². The zero-order chi connectivity index (χ0) is 21.8. The summed E-state index contributed by atoms with van der Waals surface area (Å²) >= 11 is 18.1. The van der Waals surface area contributed by atoms with E-state index in [2.05, 4.69) is 5.32 Å². The molecule has 4 rings (SSSR count). The van der Waals surface area contributed by atoms with Crippen molar-refractivity contribution in [2.45, 2.75) is 6.61 Å². The summed E-state index contributed by atoms with van der Waals surface area (Å²) in [7, 11) is 0. The Balaban J connectivity index is 1.38. The molecule has 1 aromatic heterocycles. The fourth-order valence-electron chi connectivity index (χ4n) is 2.96. The van der Waals surface area contributed by atoms with Gasteiger partial charge in [-0.25, -0.2) is 0 Å². The highest BCUT2D eigenvalue weighted by atomic mass is 35.5. The highest BCUT2D eigenvalue weighted by molar-refractivity contribution is 6.40. The third-order valence-corrected chi connectivity index (χ3v) is 5.24. The van der Waals surface area contributed by atoms with Crippen molar-refractivity contribution in [1.82, 2.24) is 0 Å². The largest absolute Gasteiger partial charge is 0.483 e. The second kappa shape index (κ2) is 9.48. The van der Waals surface area contributed by atoms with Crippen LogP contribution in [-0.2, 0) is 6.61 Å². The van der Waals surface area contributed by atoms with Crippen LogP contribution in [0, 0.1) is 0 Å². The van der Waals surface area contributed by atoms with Crippen molar-refractivity contribution >= 4 is 46.4 Å². The first kappa shape index (κ1) is 21.3. The molecule has 0 saturated carbocycles. The lowest BCUT2D eigenvalue weighted by Gasteiger charge is -2.09. The van der Waals surface area contributed by atoms with Crippen molar-refractivity contribution in [1.29, 1.82) is 0 Å². The van der Waals surface area contributed by atoms with E-state index >= 15 is 0 Å². The van der Waals surface area contributed by atoms with Gasteiger partial charge in [0, 0.05) is 10.7 Å². The molecule has 0 fully saturated rings. The van der Waals surface area contributed by atoms with Gasteiger partial charge < -0.3 is 14.5 Å². The van der Waals surface area contributed by atoms with E-state index in [1.165, 1.54) is 12.1 Å². The molecule has 4 nitrogen and oxygen atoms in total. The van der Waals surface area contributed by atoms with E-state index in [4.69, 9.17) is 44.0 Å². The normalized spacial score (nSPS) is 10.7. The number of carbonyl (C=O) groups excluding carboxylic acids is 1. The van der Waals surface area contributed by atoms with Gasteiger partial charge in [-0.05, 0) is 47.5 Å². The lowest BCUT2D eigenvalue weighted by atomic mass is 10.1. The number of ether oxygens (including phenoxy) is 1. The van der Waals surface area contributed by atoms with Crippen LogP contribution in [0.1, 0.15) is 16.3 Å². The van der Waals surface area contributed by atoms with E-state index < -0.39 is 0 Å². The van der Waals surface area contributed by atoms with Crippen LogP contribution in [0.15, 0.2) is 83.3 Å². The highest BCUT2D eigenvalue weighted by Gasteiger charge is 2.14. The van der Waals surface area contributed by atoms with E-state index in [0.29, 0.717) is 32.3 Å². The van der Waals surface area contributed by atoms with Crippen molar-refractivity contribution < 1.29 is 13.9 Å². The van der Waals surface area contributed by atoms with Gasteiger partial charge in [-0.3, -0.25) is 4.79 Å². The van der Waals surface area contributed by atoms with E-state index in [-0.39, 0.29) is 18.3 Å². The Morgan fingerprint density at radius 2 is 1.48 bits per heavy atom. The summed E-state index contributed by atoms with van der Waals surface area (Å²) in [5, 5.41) is 3.82. The van der Waals surface area contributed by atoms with Crippen LogP contribution in [0.2, 0.25) is 15.1 Å². The maximum absolute atomic E-state index is 12.5. The van der Waals surface area contributed by atoms with Gasteiger partial charge in [0.15, 0.2) is 11.5 Å². The molecule has 0 bridgehead atoms. The molecule has 0 unspecified atom stereocenters. The molecular formula is C24H16Cl3NO3. The zero-order valence-corrected chi connectivity index (χ0v) is 18.3. The predicted octanol–water partition coefficient (Wildman–Crippen LogP) is 7.74. The van der Waals surface area contributed by atoms with E-state index in [9.17, 15) is 4.79 Å². The van der Waals surface area contributed by atoms with Crippen LogP contribution in [0.25, 0.3) is 11.1 Å². The smallest absolute Gasteiger partial charge is 0.291 e. The van der Waals surface area contributed by atoms with Crippen LogP contribution >= 0.6 is 34.8 Å². The Labute approximate surface area is 194 Å². The summed E-state index contributed by atoms with van der Waals surface area (Å²) in [6, 6.07) is 23.9. The Morgan fingerprint density at radius 3 is 2.16 bits per heavy atom. The number of hydrogen-bond acceptors (Lipinski definition) is 3. The van der Waals surface area contributed by atoms with Crippen molar-refractivity contribution in [3.05, 3.63) is 105 Å². The molecule has 1 heterocycles. The average Bonchev–Trinajstić information content (AvgIpc) is 3.23. The number of carbonyl (C=O) groups is 1. The maximum Gasteiger partial charge on any atom is 0.291 e. The predicted molar refractivity (Wildman–Crippen MR) is 124 cm³/mol. The molecule has 4 aromatic rings. The molecule has 0 saturated heterocycles. The van der Waals surface area contributed by atoms with Gasteiger partial charge in [-0.15, -0.1) is 0 Å². The maximum atomic E-state index is 12.5. The number of halogens is 3. The van der Waals surface area contributed by atoms with Gasteiger partial charge >= 0.3 is 0 Å². The third-order valence-electron chi connectivity index (χ3n) is 4.46. The molecule has 0 aliphatic carbocycles. The summed E-state index contributed by atoms with van der Waals surface area (Å²) in [5.41, 5.74) is 2.84. The number of rotatable bonds is 6. The molecule has 0 spiro atoms. The third kappa shape index (κ3) is 5.23. The molecule has 0 aliphatic heterocycles. The van der Waals surface area contributed by atoms with Gasteiger partial charge in [0.25, 0.3) is 5.91 Å². The first-order valence-electron chi connectivity index (χ1n) is 9.32. The second-order valence-corrected chi connectivity index (χ2v) is 7.90. The Kier molecular flexibility index (Phi) is 6.52. The number of anilines is 1. The van der Waals surface area contributed by atoms with Crippen LogP contribution in [0.5, 0.6) is 5.75 Å². The number of benzene rings is 3. The molecule has 1 amide bonds. The van der Waals surface area contributed by atoms with Crippen LogP contribution in [0.4, 0.5) is 5.69 Å². The summed E-state index contributed by atoms with van der Waals surface area (Å²) in [5.74, 6) is 0.556. The number of nitrogens with one attached hydrogen (secondary N) is 1. The zero-order valence-electron chi connectivity index (χ0n) is 16.1. The van der Waals surface area contributed by atoms with Crippen molar-refractivity contribution in [2.75, 3.05) is 5.32 Å². The van der Waals surface area contributed by atoms with E-state index in [0.717, 1.165) is 11.1 Å². The van der Waals surface area contributed by atoms with Crippen LogP contribution in [-0.4, -0.2) is 5.91 Å². The van der Waals surface area contributed by atoms with Crippen molar-refractivity contribution in [2.24, 2.45) is 0 Å². The molecule has 31 heavy (non-hydrogen) atoms. The molecule has 0 atom stereocenters. The van der Waals surface area contributed by atoms with Gasteiger partial charge in [-0.1, -0.05) is 77.3 Å². The molecule has 156 valence electrons. The first-order valence-corrected chi connectivity index (χ1v) is 10.5. The van der Waals surface area contributed by atoms with Gasteiger partial charge in [0.05, 0.1) is 10.0 Å². The first-order chi connectivity index (χ1) is 15.0. The quantitative estimate of drug-likeness (QED) is 0.312. The fraction of sp³-hybridized carbons (Fsp3) is 0.0417. The topological polar surface area (TPSA) is 51.5 Å². The van der Waals surface area contributed by atoms with Crippen LogP contribution < -0.4 is 10.1 Å². The minimum absolute atomic E-state index is 0.0557. The Bertz CT molecular complexity index is 1180. The molecular weight excluding hydrogens is 457 g/mol. The SMILES string of the molecule is O=C(Nc1ccc(-c2ccccc2)cc1)c1ccc(COc2c(Cl)cc(Cl)cc2Cl)o1. The molecule has 0 radical (unpaired) electrons.